The van der Waals surface area contributed by atoms with E-state index in [1.54, 1.807) is 13.2 Å². The Hall–Kier alpha value is -0.910. The second-order valence-electron chi connectivity index (χ2n) is 3.16. The molecule has 0 aliphatic carbocycles. The molecule has 1 saturated heterocycles. The Morgan fingerprint density at radius 2 is 2.33 bits per heavy atom. The van der Waals surface area contributed by atoms with Crippen molar-refractivity contribution in [2.24, 2.45) is 0 Å². The lowest BCUT2D eigenvalue weighted by molar-refractivity contribution is -0.0815. The van der Waals surface area contributed by atoms with Crippen molar-refractivity contribution in [1.82, 2.24) is 9.97 Å². The quantitative estimate of drug-likeness (QED) is 0.724. The first-order valence-electron chi connectivity index (χ1n) is 4.54. The number of hydrogen-bond acceptors (Lipinski definition) is 5. The number of aromatic nitrogens is 2. The van der Waals surface area contributed by atoms with E-state index < -0.39 is 0 Å². The second-order valence-corrected chi connectivity index (χ2v) is 3.54. The molecule has 0 radical (unpaired) electrons. The molecule has 0 saturated carbocycles. The predicted molar refractivity (Wildman–Crippen MR) is 53.0 cm³/mol. The summed E-state index contributed by atoms with van der Waals surface area (Å²) in [6, 6.07) is 1.58. The number of ether oxygens (including phenoxy) is 3. The van der Waals surface area contributed by atoms with Gasteiger partial charge in [0.05, 0.1) is 13.2 Å². The van der Waals surface area contributed by atoms with E-state index in [-0.39, 0.29) is 6.10 Å². The lowest BCUT2D eigenvalue weighted by Crippen LogP contribution is -2.38. The monoisotopic (exact) mass is 230 g/mol. The minimum Gasteiger partial charge on any atom is -0.469 e. The van der Waals surface area contributed by atoms with Crippen molar-refractivity contribution in [3.8, 4) is 5.88 Å². The number of halogens is 1. The Labute approximate surface area is 92.3 Å². The van der Waals surface area contributed by atoms with Crippen LogP contribution in [0, 0.1) is 0 Å². The fourth-order valence-corrected chi connectivity index (χ4v) is 1.34. The normalized spacial score (nSPS) is 16.1. The maximum atomic E-state index is 5.81. The van der Waals surface area contributed by atoms with E-state index in [9.17, 15) is 0 Å². The summed E-state index contributed by atoms with van der Waals surface area (Å²) < 4.78 is 15.4. The van der Waals surface area contributed by atoms with Crippen molar-refractivity contribution < 1.29 is 14.2 Å². The summed E-state index contributed by atoms with van der Waals surface area (Å²) in [5.41, 5.74) is 0. The van der Waals surface area contributed by atoms with Gasteiger partial charge in [0.1, 0.15) is 17.9 Å². The maximum Gasteiger partial charge on any atom is 0.218 e. The maximum absolute atomic E-state index is 5.81. The summed E-state index contributed by atoms with van der Waals surface area (Å²) in [7, 11) is 1.57. The van der Waals surface area contributed by atoms with Crippen LogP contribution in [-0.2, 0) is 16.1 Å². The minimum atomic E-state index is 0.0753. The Morgan fingerprint density at radius 3 is 2.93 bits per heavy atom. The highest BCUT2D eigenvalue weighted by molar-refractivity contribution is 6.29. The standard InChI is InChI=1S/C9H11ClN2O3/c1-13-5-8-11-7(10)2-9(12-8)15-6-3-14-4-6/h2,6H,3-5H2,1H3. The number of nitrogens with zero attached hydrogens (tertiary/aromatic N) is 2. The van der Waals surface area contributed by atoms with Gasteiger partial charge in [-0.05, 0) is 0 Å². The Morgan fingerprint density at radius 1 is 1.53 bits per heavy atom. The first kappa shape index (κ1) is 10.6. The third kappa shape index (κ3) is 2.77. The molecule has 0 atom stereocenters. The highest BCUT2D eigenvalue weighted by Crippen LogP contribution is 2.17. The van der Waals surface area contributed by atoms with Gasteiger partial charge in [0.25, 0.3) is 0 Å². The van der Waals surface area contributed by atoms with Crippen molar-refractivity contribution >= 4 is 11.6 Å². The molecular weight excluding hydrogens is 220 g/mol. The van der Waals surface area contributed by atoms with Gasteiger partial charge in [0.2, 0.25) is 5.88 Å². The molecule has 1 fully saturated rings. The molecule has 82 valence electrons. The second kappa shape index (κ2) is 4.74. The van der Waals surface area contributed by atoms with E-state index in [4.69, 9.17) is 25.8 Å². The van der Waals surface area contributed by atoms with E-state index in [1.165, 1.54) is 0 Å². The van der Waals surface area contributed by atoms with Crippen molar-refractivity contribution in [2.75, 3.05) is 20.3 Å². The van der Waals surface area contributed by atoms with E-state index >= 15 is 0 Å². The molecule has 0 spiro atoms. The number of methoxy groups -OCH3 is 1. The third-order valence-electron chi connectivity index (χ3n) is 1.89. The molecule has 2 heterocycles. The average Bonchev–Trinajstić information content (AvgIpc) is 2.11. The van der Waals surface area contributed by atoms with Crippen LogP contribution in [0.25, 0.3) is 0 Å². The summed E-state index contributed by atoms with van der Waals surface area (Å²) in [6.07, 6.45) is 0.0753. The van der Waals surface area contributed by atoms with Gasteiger partial charge in [-0.15, -0.1) is 0 Å². The molecule has 1 aliphatic heterocycles. The van der Waals surface area contributed by atoms with Crippen LogP contribution in [0.3, 0.4) is 0 Å². The fourth-order valence-electron chi connectivity index (χ4n) is 1.15. The predicted octanol–water partition coefficient (Wildman–Crippen LogP) is 1.05. The Balaban J connectivity index is 2.07. The lowest BCUT2D eigenvalue weighted by Gasteiger charge is -2.26. The molecular formula is C9H11ClN2O3. The molecule has 0 amide bonds. The van der Waals surface area contributed by atoms with Gasteiger partial charge in [-0.25, -0.2) is 4.98 Å². The zero-order chi connectivity index (χ0) is 10.7. The topological polar surface area (TPSA) is 53.5 Å². The van der Waals surface area contributed by atoms with Gasteiger partial charge in [-0.2, -0.15) is 4.98 Å². The van der Waals surface area contributed by atoms with Crippen LogP contribution in [-0.4, -0.2) is 36.4 Å². The van der Waals surface area contributed by atoms with E-state index in [2.05, 4.69) is 9.97 Å². The van der Waals surface area contributed by atoms with Crippen LogP contribution in [0.4, 0.5) is 0 Å². The highest BCUT2D eigenvalue weighted by atomic mass is 35.5. The van der Waals surface area contributed by atoms with Crippen LogP contribution in [0.2, 0.25) is 5.15 Å². The number of rotatable bonds is 4. The number of hydrogen-bond donors (Lipinski definition) is 0. The van der Waals surface area contributed by atoms with Crippen molar-refractivity contribution in [3.63, 3.8) is 0 Å². The van der Waals surface area contributed by atoms with E-state index in [1.807, 2.05) is 0 Å². The summed E-state index contributed by atoms with van der Waals surface area (Å²) in [4.78, 5) is 8.14. The first-order valence-corrected chi connectivity index (χ1v) is 4.92. The first-order chi connectivity index (χ1) is 7.28. The third-order valence-corrected chi connectivity index (χ3v) is 2.08. The molecule has 0 N–H and O–H groups in total. The summed E-state index contributed by atoms with van der Waals surface area (Å²) in [6.45, 7) is 1.51. The smallest absolute Gasteiger partial charge is 0.218 e. The average molecular weight is 231 g/mol. The van der Waals surface area contributed by atoms with Crippen LogP contribution in [0.1, 0.15) is 5.82 Å². The van der Waals surface area contributed by atoms with E-state index in [0.717, 1.165) is 0 Å². The van der Waals surface area contributed by atoms with Gasteiger partial charge < -0.3 is 14.2 Å². The van der Waals surface area contributed by atoms with Gasteiger partial charge in [-0.1, -0.05) is 11.6 Å². The molecule has 1 aromatic rings. The lowest BCUT2D eigenvalue weighted by atomic mass is 10.3. The molecule has 0 unspecified atom stereocenters. The van der Waals surface area contributed by atoms with Crippen LogP contribution in [0.15, 0.2) is 6.07 Å². The zero-order valence-electron chi connectivity index (χ0n) is 8.27. The van der Waals surface area contributed by atoms with Crippen molar-refractivity contribution in [2.45, 2.75) is 12.7 Å². The molecule has 6 heteroatoms. The SMILES string of the molecule is COCc1nc(Cl)cc(OC2COC2)n1. The fraction of sp³-hybridized carbons (Fsp3) is 0.556. The zero-order valence-corrected chi connectivity index (χ0v) is 9.03. The molecule has 1 aromatic heterocycles. The Bertz CT molecular complexity index is 344. The van der Waals surface area contributed by atoms with Crippen LogP contribution >= 0.6 is 11.6 Å². The molecule has 2 rings (SSSR count). The van der Waals surface area contributed by atoms with Gasteiger partial charge >= 0.3 is 0 Å². The van der Waals surface area contributed by atoms with Crippen LogP contribution < -0.4 is 4.74 Å². The van der Waals surface area contributed by atoms with Gasteiger partial charge in [0, 0.05) is 13.2 Å². The largest absolute Gasteiger partial charge is 0.469 e. The van der Waals surface area contributed by atoms with Crippen molar-refractivity contribution in [3.05, 3.63) is 17.0 Å². The minimum absolute atomic E-state index is 0.0753. The van der Waals surface area contributed by atoms with Crippen LogP contribution in [0.5, 0.6) is 5.88 Å². The van der Waals surface area contributed by atoms with Gasteiger partial charge in [0.15, 0.2) is 5.82 Å². The summed E-state index contributed by atoms with van der Waals surface area (Å²) in [5, 5.41) is 0.354. The molecule has 0 aromatic carbocycles. The molecule has 15 heavy (non-hydrogen) atoms. The van der Waals surface area contributed by atoms with E-state index in [0.29, 0.717) is 36.7 Å². The molecule has 1 aliphatic rings. The summed E-state index contributed by atoms with van der Waals surface area (Å²) in [5.74, 6) is 0.982. The van der Waals surface area contributed by atoms with Gasteiger partial charge in [-0.3, -0.25) is 0 Å². The van der Waals surface area contributed by atoms with Crippen molar-refractivity contribution in [1.29, 1.82) is 0 Å². The molecule has 5 nitrogen and oxygen atoms in total. The highest BCUT2D eigenvalue weighted by Gasteiger charge is 2.21. The summed E-state index contributed by atoms with van der Waals surface area (Å²) >= 11 is 5.81. The Kier molecular flexibility index (Phi) is 3.35. The molecule has 0 bridgehead atoms.